The van der Waals surface area contributed by atoms with Crippen molar-refractivity contribution in [3.05, 3.63) is 34.9 Å². The molecule has 0 radical (unpaired) electrons. The van der Waals surface area contributed by atoms with Crippen LogP contribution in [-0.4, -0.2) is 42.7 Å². The first-order valence-electron chi connectivity index (χ1n) is 7.25. The normalized spacial score (nSPS) is 40.3. The first kappa shape index (κ1) is 11.5. The molecule has 0 saturated carbocycles. The van der Waals surface area contributed by atoms with Crippen molar-refractivity contribution in [2.75, 3.05) is 26.7 Å². The van der Waals surface area contributed by atoms with E-state index in [0.717, 1.165) is 30.3 Å². The van der Waals surface area contributed by atoms with Gasteiger partial charge in [-0.2, -0.15) is 0 Å². The Kier molecular flexibility index (Phi) is 2.17. The predicted molar refractivity (Wildman–Crippen MR) is 72.3 cm³/mol. The lowest BCUT2D eigenvalue weighted by atomic mass is 9.69. The minimum Gasteiger partial charge on any atom is -0.461 e. The van der Waals surface area contributed by atoms with Crippen molar-refractivity contribution in [2.24, 2.45) is 0 Å². The van der Waals surface area contributed by atoms with Crippen LogP contribution in [0.1, 0.15) is 25.7 Å². The van der Waals surface area contributed by atoms with E-state index in [2.05, 4.69) is 25.3 Å². The maximum absolute atomic E-state index is 11.8. The Morgan fingerprint density at radius 1 is 1.42 bits per heavy atom. The summed E-state index contributed by atoms with van der Waals surface area (Å²) in [5.74, 6) is -0.0395. The molecule has 3 aliphatic heterocycles. The molecule has 1 spiro atoms. The largest absolute Gasteiger partial charge is 0.461 e. The molecule has 3 heterocycles. The monoisotopic (exact) mass is 258 g/mol. The van der Waals surface area contributed by atoms with Crippen molar-refractivity contribution in [1.29, 1.82) is 0 Å². The highest BCUT2D eigenvalue weighted by Gasteiger charge is 2.59. The third-order valence-electron chi connectivity index (χ3n) is 5.65. The molecule has 1 aliphatic carbocycles. The number of carbonyl (C=O) groups excluding carboxylic acids is 1. The van der Waals surface area contributed by atoms with Gasteiger partial charge in [-0.25, -0.2) is 0 Å². The van der Waals surface area contributed by atoms with Crippen LogP contribution in [0, 0.1) is 0 Å². The number of allylic oxidation sites excluding steroid dienone is 1. The Morgan fingerprint density at radius 2 is 2.32 bits per heavy atom. The summed E-state index contributed by atoms with van der Waals surface area (Å²) < 4.78 is 6.33. The Morgan fingerprint density at radius 3 is 3.21 bits per heavy atom. The minimum atomic E-state index is -0.0395. The lowest BCUT2D eigenvalue weighted by Gasteiger charge is -2.54. The molecule has 100 valence electrons. The fourth-order valence-corrected chi connectivity index (χ4v) is 4.61. The zero-order chi connectivity index (χ0) is 13.1. The predicted octanol–water partition coefficient (Wildman–Crippen LogP) is 2.11. The lowest BCUT2D eigenvalue weighted by molar-refractivity contribution is -0.939. The van der Waals surface area contributed by atoms with E-state index in [9.17, 15) is 4.79 Å². The number of likely N-dealkylation sites (N-methyl/N-ethyl adjacent to an activating group) is 1. The van der Waals surface area contributed by atoms with E-state index in [1.54, 1.807) is 0 Å². The van der Waals surface area contributed by atoms with Crippen LogP contribution in [0.4, 0.5) is 0 Å². The second kappa shape index (κ2) is 3.60. The van der Waals surface area contributed by atoms with Crippen molar-refractivity contribution in [1.82, 2.24) is 0 Å². The third-order valence-corrected chi connectivity index (χ3v) is 5.65. The molecule has 0 aromatic rings. The average molecular weight is 258 g/mol. The van der Waals surface area contributed by atoms with Gasteiger partial charge in [0.1, 0.15) is 12.1 Å². The number of nitrogens with zero attached hydrogens (tertiary/aromatic N) is 1. The summed E-state index contributed by atoms with van der Waals surface area (Å²) in [5.41, 5.74) is 4.33. The average Bonchev–Trinajstić information content (AvgIpc) is 2.74. The van der Waals surface area contributed by atoms with E-state index in [0.29, 0.717) is 13.0 Å². The number of hydrogen-bond donors (Lipinski definition) is 0. The van der Waals surface area contributed by atoms with Crippen LogP contribution in [0.3, 0.4) is 0 Å². The molecule has 4 aliphatic rings. The van der Waals surface area contributed by atoms with E-state index in [-0.39, 0.29) is 11.5 Å². The second-order valence-electron chi connectivity index (χ2n) is 6.43. The Balaban J connectivity index is 1.93. The van der Waals surface area contributed by atoms with Gasteiger partial charge >= 0.3 is 5.97 Å². The van der Waals surface area contributed by atoms with Crippen molar-refractivity contribution in [3.63, 3.8) is 0 Å². The SMILES string of the molecule is C[N+]12CC=C3C=CCC[C@@]31C1=C(CC2)COC(=O)C1. The van der Waals surface area contributed by atoms with Crippen LogP contribution in [0.5, 0.6) is 0 Å². The first-order valence-corrected chi connectivity index (χ1v) is 7.25. The summed E-state index contributed by atoms with van der Waals surface area (Å²) in [7, 11) is 2.37. The van der Waals surface area contributed by atoms with Crippen LogP contribution < -0.4 is 0 Å². The minimum absolute atomic E-state index is 0.0395. The molecule has 0 saturated heterocycles. The molecule has 19 heavy (non-hydrogen) atoms. The number of carbonyl (C=O) groups is 1. The molecule has 1 unspecified atom stereocenters. The maximum Gasteiger partial charge on any atom is 0.310 e. The first-order chi connectivity index (χ1) is 9.16. The molecule has 4 rings (SSSR count). The number of ether oxygens (including phenoxy) is 1. The number of hydrogen-bond acceptors (Lipinski definition) is 2. The molecule has 0 amide bonds. The summed E-state index contributed by atoms with van der Waals surface area (Å²) >= 11 is 0. The van der Waals surface area contributed by atoms with Crippen LogP contribution >= 0.6 is 0 Å². The summed E-state index contributed by atoms with van der Waals surface area (Å²) in [5, 5.41) is 0. The van der Waals surface area contributed by atoms with E-state index in [4.69, 9.17) is 4.74 Å². The number of esters is 1. The van der Waals surface area contributed by atoms with Crippen LogP contribution in [0.2, 0.25) is 0 Å². The van der Waals surface area contributed by atoms with Gasteiger partial charge < -0.3 is 9.22 Å². The van der Waals surface area contributed by atoms with Crippen molar-refractivity contribution < 1.29 is 14.0 Å². The highest BCUT2D eigenvalue weighted by Crippen LogP contribution is 2.53. The Labute approximate surface area is 113 Å². The van der Waals surface area contributed by atoms with Gasteiger partial charge in [0.15, 0.2) is 0 Å². The second-order valence-corrected chi connectivity index (χ2v) is 6.43. The summed E-state index contributed by atoms with van der Waals surface area (Å²) in [6, 6.07) is 0. The van der Waals surface area contributed by atoms with E-state index in [1.165, 1.54) is 23.3 Å². The molecule has 0 fully saturated rings. The van der Waals surface area contributed by atoms with Crippen molar-refractivity contribution >= 4 is 5.97 Å². The van der Waals surface area contributed by atoms with E-state index >= 15 is 0 Å². The fourth-order valence-electron chi connectivity index (χ4n) is 4.61. The Bertz CT molecular complexity index is 557. The van der Waals surface area contributed by atoms with Crippen LogP contribution in [0.15, 0.2) is 34.9 Å². The zero-order valence-corrected chi connectivity index (χ0v) is 11.4. The molecular weight excluding hydrogens is 238 g/mol. The highest BCUT2D eigenvalue weighted by molar-refractivity contribution is 5.76. The van der Waals surface area contributed by atoms with Gasteiger partial charge in [0, 0.05) is 24.0 Å². The van der Waals surface area contributed by atoms with Crippen LogP contribution in [-0.2, 0) is 9.53 Å². The number of quaternary nitrogens is 1. The summed E-state index contributed by atoms with van der Waals surface area (Å²) in [4.78, 5) is 11.8. The topological polar surface area (TPSA) is 26.3 Å². The molecule has 0 aromatic heterocycles. The Hall–Kier alpha value is -1.35. The van der Waals surface area contributed by atoms with Gasteiger partial charge in [-0.1, -0.05) is 12.2 Å². The third kappa shape index (κ3) is 1.29. The van der Waals surface area contributed by atoms with Gasteiger partial charge in [0.2, 0.25) is 0 Å². The number of rotatable bonds is 0. The van der Waals surface area contributed by atoms with Gasteiger partial charge in [-0.05, 0) is 18.1 Å². The lowest BCUT2D eigenvalue weighted by Crippen LogP contribution is -2.64. The smallest absolute Gasteiger partial charge is 0.310 e. The van der Waals surface area contributed by atoms with Gasteiger partial charge in [0.05, 0.1) is 26.6 Å². The molecule has 3 nitrogen and oxygen atoms in total. The molecular formula is C16H20NO2+. The van der Waals surface area contributed by atoms with Crippen molar-refractivity contribution in [3.8, 4) is 0 Å². The summed E-state index contributed by atoms with van der Waals surface area (Å²) in [6.07, 6.45) is 10.8. The summed E-state index contributed by atoms with van der Waals surface area (Å²) in [6.45, 7) is 2.81. The molecule has 0 aromatic carbocycles. The van der Waals surface area contributed by atoms with Crippen molar-refractivity contribution in [2.45, 2.75) is 31.2 Å². The van der Waals surface area contributed by atoms with E-state index in [1.807, 2.05) is 0 Å². The van der Waals surface area contributed by atoms with Gasteiger partial charge in [-0.3, -0.25) is 4.79 Å². The van der Waals surface area contributed by atoms with E-state index < -0.39 is 0 Å². The quantitative estimate of drug-likeness (QED) is 0.378. The standard InChI is InChI=1S/C16H20NO2/c1-17-8-5-12-11-19-15(18)10-14(12)16(17)7-3-2-4-13(16)6-9-17/h2,4,6H,3,5,7-11H2,1H3/q+1/t16-,17?/m0/s1. The maximum atomic E-state index is 11.8. The molecule has 0 bridgehead atoms. The van der Waals surface area contributed by atoms with Gasteiger partial charge in [0.25, 0.3) is 0 Å². The highest BCUT2D eigenvalue weighted by atomic mass is 16.5. The molecule has 3 heteroatoms. The molecule has 0 N–H and O–H groups in total. The molecule has 2 atom stereocenters. The van der Waals surface area contributed by atoms with Crippen LogP contribution in [0.25, 0.3) is 0 Å². The van der Waals surface area contributed by atoms with Gasteiger partial charge in [-0.15, -0.1) is 0 Å². The number of cyclic esters (lactones) is 1. The zero-order valence-electron chi connectivity index (χ0n) is 11.4. The fraction of sp³-hybridized carbons (Fsp3) is 0.562.